The summed E-state index contributed by atoms with van der Waals surface area (Å²) in [5.74, 6) is -2.17. The van der Waals surface area contributed by atoms with Crippen LogP contribution in [0.25, 0.3) is 0 Å². The van der Waals surface area contributed by atoms with Gasteiger partial charge in [-0.05, 0) is 13.8 Å². The topological polar surface area (TPSA) is 80.3 Å². The first-order chi connectivity index (χ1) is 7.88. The van der Waals surface area contributed by atoms with E-state index in [2.05, 4.69) is 13.8 Å². The summed E-state index contributed by atoms with van der Waals surface area (Å²) in [4.78, 5) is 17.8. The molecule has 0 N–H and O–H groups in total. The van der Waals surface area contributed by atoms with Gasteiger partial charge in [0.2, 0.25) is 0 Å². The minimum absolute atomic E-state index is 0.0146. The number of aliphatic carboxylic acids is 2. The van der Waals surface area contributed by atoms with E-state index in [1.807, 2.05) is 0 Å². The monoisotopic (exact) mass is 296 g/mol. The van der Waals surface area contributed by atoms with Gasteiger partial charge in [-0.25, -0.2) is 0 Å². The van der Waals surface area contributed by atoms with Crippen molar-refractivity contribution < 1.29 is 36.9 Å². The average Bonchev–Trinajstić information content (AvgIpc) is 2.16. The molecule has 0 spiro atoms. The van der Waals surface area contributed by atoms with Gasteiger partial charge < -0.3 is 19.8 Å². The fourth-order valence-corrected chi connectivity index (χ4v) is 5.35. The molecule has 0 heterocycles. The molecule has 0 aromatic rings. The first kappa shape index (κ1) is 21.8. The molecule has 4 nitrogen and oxygen atoms in total. The molecule has 0 amide bonds. The summed E-state index contributed by atoms with van der Waals surface area (Å²) in [6.45, 7) is 6.53. The average molecular weight is 298 g/mol. The van der Waals surface area contributed by atoms with Gasteiger partial charge in [0, 0.05) is 11.9 Å². The van der Waals surface area contributed by atoms with Crippen LogP contribution < -0.4 is 10.2 Å². The zero-order valence-corrected chi connectivity index (χ0v) is 14.5. The summed E-state index contributed by atoms with van der Waals surface area (Å²) >= 11 is 0.0146. The summed E-state index contributed by atoms with van der Waals surface area (Å²) in [6.07, 6.45) is 5.86. The van der Waals surface area contributed by atoms with Gasteiger partial charge in [0.15, 0.2) is 0 Å². The SMILES string of the molecule is CC(=O)[O-].CC(=O)[O-].CCC[CH2][Zn+2][CH2]CCC. The summed E-state index contributed by atoms with van der Waals surface area (Å²) in [5, 5.41) is 21.1. The van der Waals surface area contributed by atoms with E-state index in [1.54, 1.807) is 10.0 Å². The third-order valence-electron chi connectivity index (χ3n) is 1.71. The minimum atomic E-state index is -1.08. The van der Waals surface area contributed by atoms with Crippen molar-refractivity contribution in [3.63, 3.8) is 0 Å². The quantitative estimate of drug-likeness (QED) is 0.541. The molecule has 0 rings (SSSR count). The summed E-state index contributed by atoms with van der Waals surface area (Å²) in [5.41, 5.74) is 0. The van der Waals surface area contributed by atoms with Crippen molar-refractivity contribution in [3.05, 3.63) is 0 Å². The second-order valence-corrected chi connectivity index (χ2v) is 8.20. The van der Waals surface area contributed by atoms with Crippen LogP contribution in [0.5, 0.6) is 0 Å². The first-order valence-corrected chi connectivity index (χ1v) is 10.4. The van der Waals surface area contributed by atoms with Crippen LogP contribution in [-0.4, -0.2) is 11.9 Å². The number of rotatable bonds is 6. The van der Waals surface area contributed by atoms with Gasteiger partial charge in [0.25, 0.3) is 0 Å². The van der Waals surface area contributed by atoms with E-state index in [-0.39, 0.29) is 17.1 Å². The Labute approximate surface area is 112 Å². The Hall–Kier alpha value is -0.437. The molecular formula is C12H24O4Zn. The fraction of sp³-hybridized carbons (Fsp3) is 0.833. The van der Waals surface area contributed by atoms with Crippen LogP contribution in [0.15, 0.2) is 0 Å². The molecule has 0 aliphatic carbocycles. The number of hydrogen-bond donors (Lipinski definition) is 0. The number of carboxylic acid groups (broad SMARTS) is 2. The van der Waals surface area contributed by atoms with Crippen LogP contribution in [0.4, 0.5) is 0 Å². The third kappa shape index (κ3) is 92.5. The van der Waals surface area contributed by atoms with Crippen LogP contribution in [0.1, 0.15) is 53.4 Å². The zero-order chi connectivity index (χ0) is 14.1. The van der Waals surface area contributed by atoms with E-state index in [9.17, 15) is 0 Å². The molecule has 0 aromatic carbocycles. The summed E-state index contributed by atoms with van der Waals surface area (Å²) in [7, 11) is 0. The van der Waals surface area contributed by atoms with Gasteiger partial charge >= 0.3 is 66.7 Å². The molecule has 0 fully saturated rings. The van der Waals surface area contributed by atoms with Gasteiger partial charge in [-0.15, -0.1) is 0 Å². The molecular weight excluding hydrogens is 274 g/mol. The van der Waals surface area contributed by atoms with Crippen LogP contribution in [-0.2, 0) is 26.7 Å². The van der Waals surface area contributed by atoms with E-state index in [0.29, 0.717) is 0 Å². The summed E-state index contributed by atoms with van der Waals surface area (Å²) < 4.78 is 0. The van der Waals surface area contributed by atoms with Gasteiger partial charge in [-0.1, -0.05) is 0 Å². The van der Waals surface area contributed by atoms with E-state index < -0.39 is 11.9 Å². The molecule has 0 bridgehead atoms. The Morgan fingerprint density at radius 3 is 1.29 bits per heavy atom. The number of carboxylic acids is 2. The van der Waals surface area contributed by atoms with Crippen molar-refractivity contribution in [2.75, 3.05) is 0 Å². The molecule has 0 aromatic heterocycles. The van der Waals surface area contributed by atoms with Crippen LogP contribution in [0.2, 0.25) is 10.0 Å². The Balaban J connectivity index is -0.000000205. The van der Waals surface area contributed by atoms with Crippen molar-refractivity contribution in [2.45, 2.75) is 63.4 Å². The van der Waals surface area contributed by atoms with Crippen molar-refractivity contribution in [1.82, 2.24) is 0 Å². The van der Waals surface area contributed by atoms with E-state index in [0.717, 1.165) is 13.8 Å². The number of unbranched alkanes of at least 4 members (excludes halogenated alkanes) is 2. The fourth-order valence-electron chi connectivity index (χ4n) is 1.03. The standard InChI is InChI=1S/2C4H9.2C2H4O2.Zn/c2*1-3-4-2;2*1-2(3)4;/h2*1,3-4H2,2H3;2*1H3,(H,3,4);/q;;;;+2/p-2. The Bertz CT molecular complexity index is 146. The zero-order valence-electron chi connectivity index (χ0n) is 11.6. The maximum absolute atomic E-state index is 8.89. The van der Waals surface area contributed by atoms with Crippen LogP contribution >= 0.6 is 0 Å². The molecule has 0 radical (unpaired) electrons. The van der Waals surface area contributed by atoms with E-state index in [1.165, 1.54) is 25.7 Å². The predicted molar refractivity (Wildman–Crippen MR) is 60.8 cm³/mol. The molecule has 0 saturated carbocycles. The molecule has 98 valence electrons. The van der Waals surface area contributed by atoms with Crippen molar-refractivity contribution in [1.29, 1.82) is 0 Å². The Morgan fingerprint density at radius 2 is 1.12 bits per heavy atom. The predicted octanol–water partition coefficient (Wildman–Crippen LogP) is 1.02. The summed E-state index contributed by atoms with van der Waals surface area (Å²) in [6, 6.07) is 0. The molecule has 0 saturated heterocycles. The van der Waals surface area contributed by atoms with E-state index >= 15 is 0 Å². The second-order valence-electron chi connectivity index (χ2n) is 3.75. The molecule has 0 unspecified atom stereocenters. The molecule has 0 aliphatic rings. The normalized spacial score (nSPS) is 8.47. The molecule has 0 aliphatic heterocycles. The first-order valence-electron chi connectivity index (χ1n) is 6.23. The van der Waals surface area contributed by atoms with Crippen LogP contribution in [0, 0.1) is 0 Å². The Morgan fingerprint density at radius 1 is 0.882 bits per heavy atom. The van der Waals surface area contributed by atoms with Crippen molar-refractivity contribution in [2.24, 2.45) is 0 Å². The molecule has 17 heavy (non-hydrogen) atoms. The molecule has 0 atom stereocenters. The van der Waals surface area contributed by atoms with Gasteiger partial charge in [0.05, 0.1) is 0 Å². The number of carbonyl (C=O) groups is 2. The second kappa shape index (κ2) is 20.9. The molecule has 5 heteroatoms. The third-order valence-corrected chi connectivity index (χ3v) is 5.90. The van der Waals surface area contributed by atoms with Crippen LogP contribution in [0.3, 0.4) is 0 Å². The van der Waals surface area contributed by atoms with Crippen molar-refractivity contribution >= 4 is 11.9 Å². The van der Waals surface area contributed by atoms with Gasteiger partial charge in [-0.3, -0.25) is 0 Å². The Kier molecular flexibility index (Phi) is 26.8. The van der Waals surface area contributed by atoms with Crippen molar-refractivity contribution in [3.8, 4) is 0 Å². The van der Waals surface area contributed by atoms with Gasteiger partial charge in [-0.2, -0.15) is 0 Å². The van der Waals surface area contributed by atoms with Gasteiger partial charge in [0.1, 0.15) is 0 Å². The number of carbonyl (C=O) groups excluding carboxylic acids is 2. The maximum atomic E-state index is 8.89. The number of hydrogen-bond acceptors (Lipinski definition) is 4. The van der Waals surface area contributed by atoms with E-state index in [4.69, 9.17) is 19.8 Å².